The largest absolute Gasteiger partial charge is 0.438 e. The second-order valence-corrected chi connectivity index (χ2v) is 6.07. The number of hydrogen-bond acceptors (Lipinski definition) is 3. The van der Waals surface area contributed by atoms with Crippen molar-refractivity contribution >= 4 is 15.9 Å². The molecule has 2 N–H and O–H groups in total. The van der Waals surface area contributed by atoms with E-state index in [4.69, 9.17) is 10.5 Å². The molecule has 1 aromatic carbocycles. The van der Waals surface area contributed by atoms with Crippen molar-refractivity contribution in [3.63, 3.8) is 0 Å². The average molecular weight is 335 g/mol. The van der Waals surface area contributed by atoms with Crippen LogP contribution < -0.4 is 10.5 Å². The number of halogens is 1. The third-order valence-electron chi connectivity index (χ3n) is 2.99. The number of rotatable bonds is 4. The summed E-state index contributed by atoms with van der Waals surface area (Å²) in [5.41, 5.74) is 9.03. The van der Waals surface area contributed by atoms with Gasteiger partial charge in [-0.2, -0.15) is 0 Å². The predicted octanol–water partition coefficient (Wildman–Crippen LogP) is 4.14. The van der Waals surface area contributed by atoms with Crippen LogP contribution in [0.25, 0.3) is 0 Å². The lowest BCUT2D eigenvalue weighted by molar-refractivity contribution is 0.455. The fourth-order valence-electron chi connectivity index (χ4n) is 2.04. The van der Waals surface area contributed by atoms with E-state index in [-0.39, 0.29) is 6.04 Å². The molecule has 3 nitrogen and oxygen atoms in total. The molecule has 0 spiro atoms. The summed E-state index contributed by atoms with van der Waals surface area (Å²) in [6.45, 7) is 6.01. The third-order valence-corrected chi connectivity index (χ3v) is 3.48. The van der Waals surface area contributed by atoms with Crippen molar-refractivity contribution in [2.24, 2.45) is 5.73 Å². The normalized spacial score (nSPS) is 12.2. The second-order valence-electron chi connectivity index (χ2n) is 5.16. The Morgan fingerprint density at radius 3 is 2.60 bits per heavy atom. The summed E-state index contributed by atoms with van der Waals surface area (Å²) >= 11 is 3.45. The van der Waals surface area contributed by atoms with Crippen LogP contribution in [0.15, 0.2) is 34.9 Å². The number of pyridine rings is 1. The maximum absolute atomic E-state index is 5.89. The maximum Gasteiger partial charge on any atom is 0.222 e. The van der Waals surface area contributed by atoms with E-state index in [1.165, 1.54) is 0 Å². The minimum absolute atomic E-state index is 0.136. The van der Waals surface area contributed by atoms with Crippen LogP contribution in [0.3, 0.4) is 0 Å². The zero-order valence-corrected chi connectivity index (χ0v) is 13.6. The van der Waals surface area contributed by atoms with E-state index >= 15 is 0 Å². The third kappa shape index (κ3) is 3.81. The molecule has 1 heterocycles. The maximum atomic E-state index is 5.89. The van der Waals surface area contributed by atoms with Crippen molar-refractivity contribution in [1.82, 2.24) is 4.98 Å². The number of nitrogens with zero attached hydrogens (tertiary/aromatic N) is 1. The van der Waals surface area contributed by atoms with Crippen molar-refractivity contribution in [3.05, 3.63) is 51.6 Å². The number of ether oxygens (including phenoxy) is 1. The molecule has 0 amide bonds. The molecule has 2 aromatic rings. The Bertz CT molecular complexity index is 611. The summed E-state index contributed by atoms with van der Waals surface area (Å²) in [6, 6.07) is 8.14. The molecule has 0 aliphatic heterocycles. The van der Waals surface area contributed by atoms with E-state index in [1.807, 2.05) is 45.2 Å². The number of nitrogens with two attached hydrogens (primary N) is 1. The van der Waals surface area contributed by atoms with Gasteiger partial charge in [0, 0.05) is 22.3 Å². The quantitative estimate of drug-likeness (QED) is 0.913. The smallest absolute Gasteiger partial charge is 0.222 e. The van der Waals surface area contributed by atoms with Crippen LogP contribution >= 0.6 is 15.9 Å². The summed E-state index contributed by atoms with van der Waals surface area (Å²) < 4.78 is 6.93. The van der Waals surface area contributed by atoms with Gasteiger partial charge in [0.25, 0.3) is 0 Å². The average Bonchev–Trinajstić information content (AvgIpc) is 2.34. The standard InChI is InChI=1S/C16H19BrN2O/c1-10-7-14(17)4-5-15(10)20-16-11(2)6-13(9-19-16)8-12(3)18/h4-7,9,12H,8,18H2,1-3H3. The van der Waals surface area contributed by atoms with Crippen molar-refractivity contribution in [3.8, 4) is 11.6 Å². The highest BCUT2D eigenvalue weighted by molar-refractivity contribution is 9.10. The molecule has 1 aromatic heterocycles. The van der Waals surface area contributed by atoms with Crippen molar-refractivity contribution in [2.75, 3.05) is 0 Å². The molecule has 0 saturated heterocycles. The number of aryl methyl sites for hydroxylation is 2. The van der Waals surface area contributed by atoms with Crippen LogP contribution in [0, 0.1) is 13.8 Å². The number of hydrogen-bond donors (Lipinski definition) is 1. The highest BCUT2D eigenvalue weighted by Crippen LogP contribution is 2.28. The summed E-state index contributed by atoms with van der Waals surface area (Å²) in [4.78, 5) is 4.40. The van der Waals surface area contributed by atoms with E-state index in [2.05, 4.69) is 27.0 Å². The van der Waals surface area contributed by atoms with Crippen molar-refractivity contribution in [1.29, 1.82) is 0 Å². The van der Waals surface area contributed by atoms with E-state index in [0.29, 0.717) is 5.88 Å². The van der Waals surface area contributed by atoms with Gasteiger partial charge in [0.2, 0.25) is 5.88 Å². The van der Waals surface area contributed by atoms with Gasteiger partial charge in [0.1, 0.15) is 5.75 Å². The van der Waals surface area contributed by atoms with Gasteiger partial charge in [0.05, 0.1) is 0 Å². The molecule has 0 aliphatic carbocycles. The molecular weight excluding hydrogens is 316 g/mol. The van der Waals surface area contributed by atoms with E-state index in [1.54, 1.807) is 0 Å². The van der Waals surface area contributed by atoms with Crippen LogP contribution in [0.5, 0.6) is 11.6 Å². The van der Waals surface area contributed by atoms with Crippen LogP contribution in [0.4, 0.5) is 0 Å². The Morgan fingerprint density at radius 2 is 2.00 bits per heavy atom. The first-order valence-electron chi connectivity index (χ1n) is 6.61. The predicted molar refractivity (Wildman–Crippen MR) is 85.3 cm³/mol. The van der Waals surface area contributed by atoms with Crippen LogP contribution in [-0.4, -0.2) is 11.0 Å². The molecule has 0 radical (unpaired) electrons. The molecule has 4 heteroatoms. The Balaban J connectivity index is 2.21. The topological polar surface area (TPSA) is 48.1 Å². The SMILES string of the molecule is Cc1cc(Br)ccc1Oc1ncc(CC(C)N)cc1C. The zero-order valence-electron chi connectivity index (χ0n) is 12.0. The minimum atomic E-state index is 0.136. The van der Waals surface area contributed by atoms with Gasteiger partial charge in [0.15, 0.2) is 0 Å². The second kappa shape index (κ2) is 6.37. The summed E-state index contributed by atoms with van der Waals surface area (Å²) in [5, 5.41) is 0. The summed E-state index contributed by atoms with van der Waals surface area (Å²) in [7, 11) is 0. The lowest BCUT2D eigenvalue weighted by Gasteiger charge is -2.12. The fourth-order valence-corrected chi connectivity index (χ4v) is 2.52. The van der Waals surface area contributed by atoms with Crippen molar-refractivity contribution in [2.45, 2.75) is 33.2 Å². The van der Waals surface area contributed by atoms with Crippen molar-refractivity contribution < 1.29 is 4.74 Å². The summed E-state index contributed by atoms with van der Waals surface area (Å²) in [5.74, 6) is 1.47. The minimum Gasteiger partial charge on any atom is -0.438 e. The summed E-state index contributed by atoms with van der Waals surface area (Å²) in [6.07, 6.45) is 2.66. The fraction of sp³-hybridized carbons (Fsp3) is 0.312. The van der Waals surface area contributed by atoms with Gasteiger partial charge in [-0.3, -0.25) is 0 Å². The lowest BCUT2D eigenvalue weighted by Crippen LogP contribution is -2.17. The van der Waals surface area contributed by atoms with Gasteiger partial charge < -0.3 is 10.5 Å². The van der Waals surface area contributed by atoms with E-state index < -0.39 is 0 Å². The van der Waals surface area contributed by atoms with Gasteiger partial charge >= 0.3 is 0 Å². The van der Waals surface area contributed by atoms with Gasteiger partial charge in [-0.15, -0.1) is 0 Å². The highest BCUT2D eigenvalue weighted by atomic mass is 79.9. The van der Waals surface area contributed by atoms with Gasteiger partial charge in [-0.1, -0.05) is 15.9 Å². The Morgan fingerprint density at radius 1 is 1.25 bits per heavy atom. The first-order chi connectivity index (χ1) is 9.45. The number of benzene rings is 1. The van der Waals surface area contributed by atoms with Crippen LogP contribution in [-0.2, 0) is 6.42 Å². The number of aromatic nitrogens is 1. The molecular formula is C16H19BrN2O. The first kappa shape index (κ1) is 15.0. The molecule has 0 bridgehead atoms. The van der Waals surface area contributed by atoms with Crippen LogP contribution in [0.1, 0.15) is 23.6 Å². The molecule has 0 fully saturated rings. The molecule has 1 atom stereocenters. The van der Waals surface area contributed by atoms with Gasteiger partial charge in [-0.25, -0.2) is 4.98 Å². The molecule has 0 saturated carbocycles. The molecule has 0 aliphatic rings. The molecule has 2 rings (SSSR count). The Labute approximate surface area is 128 Å². The Hall–Kier alpha value is -1.39. The van der Waals surface area contributed by atoms with Gasteiger partial charge in [-0.05, 0) is 62.6 Å². The zero-order chi connectivity index (χ0) is 14.7. The highest BCUT2D eigenvalue weighted by Gasteiger charge is 2.08. The molecule has 20 heavy (non-hydrogen) atoms. The monoisotopic (exact) mass is 334 g/mol. The molecule has 106 valence electrons. The first-order valence-corrected chi connectivity index (χ1v) is 7.40. The Kier molecular flexibility index (Phi) is 4.78. The lowest BCUT2D eigenvalue weighted by atomic mass is 10.1. The van der Waals surface area contributed by atoms with E-state index in [0.717, 1.165) is 33.3 Å². The molecule has 1 unspecified atom stereocenters. The van der Waals surface area contributed by atoms with E-state index in [9.17, 15) is 0 Å². The van der Waals surface area contributed by atoms with Crippen LogP contribution in [0.2, 0.25) is 0 Å².